The lowest BCUT2D eigenvalue weighted by Gasteiger charge is -2.33. The molecule has 0 saturated carbocycles. The molecule has 0 bridgehead atoms. The number of rotatable bonds is 11. The molecule has 1 saturated heterocycles. The van der Waals surface area contributed by atoms with Gasteiger partial charge in [-0.15, -0.1) is 11.8 Å². The van der Waals surface area contributed by atoms with Crippen molar-refractivity contribution in [1.82, 2.24) is 25.5 Å². The van der Waals surface area contributed by atoms with Crippen molar-refractivity contribution >= 4 is 52.3 Å². The van der Waals surface area contributed by atoms with Crippen LogP contribution in [0.5, 0.6) is 0 Å². The predicted molar refractivity (Wildman–Crippen MR) is 175 cm³/mol. The Balaban J connectivity index is 1.29. The second-order valence-electron chi connectivity index (χ2n) is 11.4. The Labute approximate surface area is 265 Å². The van der Waals surface area contributed by atoms with Crippen LogP contribution in [0.15, 0.2) is 84.0 Å². The molecule has 3 atom stereocenters. The zero-order valence-corrected chi connectivity index (χ0v) is 26.6. The van der Waals surface area contributed by atoms with E-state index in [1.165, 1.54) is 28.4 Å². The number of amides is 3. The number of para-hydroxylation sites is 2. The molecule has 0 radical (unpaired) electrons. The molecule has 230 valence electrons. The van der Waals surface area contributed by atoms with Crippen LogP contribution < -0.4 is 10.6 Å². The summed E-state index contributed by atoms with van der Waals surface area (Å²) in [5, 5.41) is 18.0. The zero-order valence-electron chi connectivity index (χ0n) is 24.9. The van der Waals surface area contributed by atoms with Crippen LogP contribution in [0.25, 0.3) is 11.0 Å². The first-order chi connectivity index (χ1) is 21.1. The van der Waals surface area contributed by atoms with E-state index in [1.54, 1.807) is 0 Å². The van der Waals surface area contributed by atoms with Crippen LogP contribution in [0.1, 0.15) is 30.5 Å². The van der Waals surface area contributed by atoms with Gasteiger partial charge in [-0.3, -0.25) is 14.4 Å². The summed E-state index contributed by atoms with van der Waals surface area (Å²) in [4.78, 5) is 49.7. The van der Waals surface area contributed by atoms with Gasteiger partial charge < -0.3 is 25.6 Å². The minimum Gasteiger partial charge on any atom is -0.381 e. The second-order valence-corrected chi connectivity index (χ2v) is 14.0. The smallest absolute Gasteiger partial charge is 0.254 e. The molecule has 3 amide bonds. The van der Waals surface area contributed by atoms with Crippen LogP contribution >= 0.6 is 23.5 Å². The standard InChI is InChI=1S/C33H37N5O4S2/c1-21-11-7-8-14-23(21)18-34-30(41)29-33(2,3)44-20-38(29)31(42)28(40)26(17-22-12-5-4-6-13-22)35-27(39)19-43-32-36-24-15-9-10-16-25(24)37-32/h4-16,26,28-29,40H,17-20H2,1-3H3,(H,34,41)(H,35,39)(H,36,37)/t26-,28-,29+/m0/s1. The average Bonchev–Trinajstić information content (AvgIpc) is 3.58. The molecule has 0 unspecified atom stereocenters. The maximum Gasteiger partial charge on any atom is 0.254 e. The summed E-state index contributed by atoms with van der Waals surface area (Å²) in [5.74, 6) is -0.922. The quantitative estimate of drug-likeness (QED) is 0.184. The number of carbonyl (C=O) groups excluding carboxylic acids is 3. The van der Waals surface area contributed by atoms with Crippen LogP contribution in [0.2, 0.25) is 0 Å². The van der Waals surface area contributed by atoms with Gasteiger partial charge in [0.25, 0.3) is 5.91 Å². The van der Waals surface area contributed by atoms with E-state index in [0.29, 0.717) is 11.7 Å². The molecular weight excluding hydrogens is 595 g/mol. The van der Waals surface area contributed by atoms with Crippen LogP contribution in [-0.4, -0.2) is 72.3 Å². The van der Waals surface area contributed by atoms with Gasteiger partial charge in [0.05, 0.1) is 28.7 Å². The highest BCUT2D eigenvalue weighted by atomic mass is 32.2. The van der Waals surface area contributed by atoms with Crippen molar-refractivity contribution in [3.8, 4) is 0 Å². The fourth-order valence-electron chi connectivity index (χ4n) is 5.33. The molecule has 3 aromatic carbocycles. The Morgan fingerprint density at radius 2 is 1.77 bits per heavy atom. The number of carbonyl (C=O) groups is 3. The number of hydrogen-bond acceptors (Lipinski definition) is 7. The van der Waals surface area contributed by atoms with Gasteiger partial charge in [0.15, 0.2) is 11.3 Å². The van der Waals surface area contributed by atoms with E-state index in [9.17, 15) is 19.5 Å². The Hall–Kier alpha value is -3.80. The number of aliphatic hydroxyl groups excluding tert-OH is 1. The highest BCUT2D eigenvalue weighted by molar-refractivity contribution is 8.01. The number of aryl methyl sites for hydroxylation is 1. The molecule has 1 aliphatic heterocycles. The van der Waals surface area contributed by atoms with Gasteiger partial charge in [0, 0.05) is 11.3 Å². The van der Waals surface area contributed by atoms with Gasteiger partial charge in [0.1, 0.15) is 6.04 Å². The van der Waals surface area contributed by atoms with E-state index in [4.69, 9.17) is 0 Å². The van der Waals surface area contributed by atoms with E-state index in [-0.39, 0.29) is 29.9 Å². The van der Waals surface area contributed by atoms with Crippen molar-refractivity contribution in [2.45, 2.75) is 61.8 Å². The van der Waals surface area contributed by atoms with Gasteiger partial charge in [0.2, 0.25) is 11.8 Å². The normalized spacial score (nSPS) is 17.3. The lowest BCUT2D eigenvalue weighted by Crippen LogP contribution is -2.58. The number of aromatic nitrogens is 2. The van der Waals surface area contributed by atoms with Crippen LogP contribution in [0.4, 0.5) is 0 Å². The molecule has 0 spiro atoms. The van der Waals surface area contributed by atoms with Gasteiger partial charge >= 0.3 is 0 Å². The van der Waals surface area contributed by atoms with Crippen LogP contribution in [0.3, 0.4) is 0 Å². The zero-order chi connectivity index (χ0) is 31.3. The molecule has 11 heteroatoms. The average molecular weight is 632 g/mol. The molecule has 4 N–H and O–H groups in total. The first kappa shape index (κ1) is 31.6. The minimum absolute atomic E-state index is 0.0442. The molecule has 1 fully saturated rings. The third-order valence-corrected chi connectivity index (χ3v) is 10.0. The van der Waals surface area contributed by atoms with Crippen molar-refractivity contribution < 1.29 is 19.5 Å². The van der Waals surface area contributed by atoms with Crippen molar-refractivity contribution in [3.63, 3.8) is 0 Å². The summed E-state index contributed by atoms with van der Waals surface area (Å²) < 4.78 is -0.577. The second kappa shape index (κ2) is 13.9. The SMILES string of the molecule is Cc1ccccc1CNC(=O)[C@H]1N(C(=O)[C@@H](O)[C@H](Cc2ccccc2)NC(=O)CSc2nc3ccccc3[nH]2)CSC1(C)C. The van der Waals surface area contributed by atoms with Gasteiger partial charge in [-0.05, 0) is 56.0 Å². The highest BCUT2D eigenvalue weighted by Gasteiger charge is 2.49. The van der Waals surface area contributed by atoms with Crippen molar-refractivity contribution in [2.24, 2.45) is 0 Å². The molecule has 44 heavy (non-hydrogen) atoms. The number of aromatic amines is 1. The van der Waals surface area contributed by atoms with Crippen molar-refractivity contribution in [1.29, 1.82) is 0 Å². The fraction of sp³-hybridized carbons (Fsp3) is 0.333. The van der Waals surface area contributed by atoms with E-state index >= 15 is 0 Å². The molecule has 1 aromatic heterocycles. The molecule has 4 aromatic rings. The summed E-state index contributed by atoms with van der Waals surface area (Å²) in [7, 11) is 0. The van der Waals surface area contributed by atoms with Gasteiger partial charge in [-0.25, -0.2) is 4.98 Å². The number of fused-ring (bicyclic) bond motifs is 1. The molecule has 5 rings (SSSR count). The van der Waals surface area contributed by atoms with Gasteiger partial charge in [-0.2, -0.15) is 0 Å². The minimum atomic E-state index is -1.56. The van der Waals surface area contributed by atoms with Gasteiger partial charge in [-0.1, -0.05) is 78.5 Å². The largest absolute Gasteiger partial charge is 0.381 e. The first-order valence-corrected chi connectivity index (χ1v) is 16.4. The summed E-state index contributed by atoms with van der Waals surface area (Å²) in [6, 6.07) is 23.1. The number of benzene rings is 3. The molecule has 2 heterocycles. The molecular formula is C33H37N5O4S2. The van der Waals surface area contributed by atoms with E-state index in [0.717, 1.165) is 27.7 Å². The third kappa shape index (κ3) is 7.46. The van der Waals surface area contributed by atoms with Crippen molar-refractivity contribution in [3.05, 3.63) is 95.6 Å². The number of aliphatic hydroxyl groups is 1. The predicted octanol–water partition coefficient (Wildman–Crippen LogP) is 4.05. The lowest BCUT2D eigenvalue weighted by atomic mass is 9.97. The highest BCUT2D eigenvalue weighted by Crippen LogP contribution is 2.40. The third-order valence-electron chi connectivity index (χ3n) is 7.78. The number of nitrogens with zero attached hydrogens (tertiary/aromatic N) is 2. The van der Waals surface area contributed by atoms with E-state index in [2.05, 4.69) is 20.6 Å². The summed E-state index contributed by atoms with van der Waals surface area (Å²) in [6.07, 6.45) is -1.32. The maximum atomic E-state index is 13.9. The molecule has 1 aliphatic rings. The number of thioether (sulfide) groups is 2. The topological polar surface area (TPSA) is 127 Å². The fourth-order valence-corrected chi connectivity index (χ4v) is 7.17. The number of H-pyrrole nitrogens is 1. The van der Waals surface area contributed by atoms with E-state index in [1.807, 2.05) is 99.6 Å². The molecule has 9 nitrogen and oxygen atoms in total. The summed E-state index contributed by atoms with van der Waals surface area (Å²) in [5.41, 5.74) is 4.60. The van der Waals surface area contributed by atoms with Crippen LogP contribution in [0, 0.1) is 6.92 Å². The summed E-state index contributed by atoms with van der Waals surface area (Å²) >= 11 is 2.73. The Morgan fingerprint density at radius 1 is 1.07 bits per heavy atom. The first-order valence-electron chi connectivity index (χ1n) is 14.5. The van der Waals surface area contributed by atoms with Crippen LogP contribution in [-0.2, 0) is 27.3 Å². The maximum absolute atomic E-state index is 13.9. The van der Waals surface area contributed by atoms with E-state index < -0.39 is 28.8 Å². The molecule has 0 aliphatic carbocycles. The number of hydrogen-bond donors (Lipinski definition) is 4. The Bertz CT molecular complexity index is 1590. The summed E-state index contributed by atoms with van der Waals surface area (Å²) in [6.45, 7) is 6.17. The monoisotopic (exact) mass is 631 g/mol. The number of imidazole rings is 1. The lowest BCUT2D eigenvalue weighted by molar-refractivity contribution is -0.147. The van der Waals surface area contributed by atoms with Crippen molar-refractivity contribution in [2.75, 3.05) is 11.6 Å². The number of nitrogens with one attached hydrogen (secondary N) is 3. The Morgan fingerprint density at radius 3 is 2.52 bits per heavy atom. The Kier molecular flexibility index (Phi) is 9.97.